The van der Waals surface area contributed by atoms with Gasteiger partial charge in [-0.05, 0) is 22.4 Å². The monoisotopic (exact) mass is 248 g/mol. The molecule has 1 rings (SSSR count). The van der Waals surface area contributed by atoms with Gasteiger partial charge in [0.1, 0.15) is 16.0 Å². The minimum atomic E-state index is 0.235. The van der Waals surface area contributed by atoms with Crippen molar-refractivity contribution < 1.29 is 5.11 Å². The number of aliphatic hydroxyl groups excluding tert-OH is 1. The standard InChI is InChI=1S/C7H9BrN2OS/c8-6-4-7(10-5-9-6)12-3-1-2-11/h4-5,11H,1-3H2. The van der Waals surface area contributed by atoms with Gasteiger partial charge in [-0.2, -0.15) is 0 Å². The summed E-state index contributed by atoms with van der Waals surface area (Å²) in [6, 6.07) is 1.86. The molecular weight excluding hydrogens is 240 g/mol. The van der Waals surface area contributed by atoms with Crippen molar-refractivity contribution >= 4 is 27.7 Å². The maximum atomic E-state index is 8.54. The number of halogens is 1. The van der Waals surface area contributed by atoms with Crippen molar-refractivity contribution in [2.24, 2.45) is 0 Å². The second-order valence-electron chi connectivity index (χ2n) is 2.10. The first-order valence-corrected chi connectivity index (χ1v) is 5.32. The van der Waals surface area contributed by atoms with Crippen LogP contribution in [0.5, 0.6) is 0 Å². The summed E-state index contributed by atoms with van der Waals surface area (Å²) in [7, 11) is 0. The molecule has 0 aliphatic carbocycles. The summed E-state index contributed by atoms with van der Waals surface area (Å²) in [5.41, 5.74) is 0. The Hall–Kier alpha value is -0.130. The third kappa shape index (κ3) is 3.51. The van der Waals surface area contributed by atoms with Gasteiger partial charge in [0.25, 0.3) is 0 Å². The molecule has 0 spiro atoms. The first-order valence-electron chi connectivity index (χ1n) is 3.54. The van der Waals surface area contributed by atoms with E-state index in [0.29, 0.717) is 0 Å². The Morgan fingerprint density at radius 3 is 3.00 bits per heavy atom. The van der Waals surface area contributed by atoms with E-state index >= 15 is 0 Å². The molecule has 0 amide bonds. The molecule has 0 atom stereocenters. The van der Waals surface area contributed by atoms with Crippen molar-refractivity contribution in [3.63, 3.8) is 0 Å². The van der Waals surface area contributed by atoms with E-state index in [1.807, 2.05) is 6.07 Å². The largest absolute Gasteiger partial charge is 0.396 e. The summed E-state index contributed by atoms with van der Waals surface area (Å²) >= 11 is 4.88. The van der Waals surface area contributed by atoms with Gasteiger partial charge in [-0.1, -0.05) is 0 Å². The molecule has 1 aromatic rings. The topological polar surface area (TPSA) is 46.0 Å². The third-order valence-corrected chi connectivity index (χ3v) is 2.61. The Balaban J connectivity index is 2.41. The average molecular weight is 249 g/mol. The second-order valence-corrected chi connectivity index (χ2v) is 4.03. The summed E-state index contributed by atoms with van der Waals surface area (Å²) < 4.78 is 0.795. The molecule has 0 fully saturated rings. The maximum absolute atomic E-state index is 8.54. The van der Waals surface area contributed by atoms with Gasteiger partial charge >= 0.3 is 0 Å². The molecule has 0 saturated heterocycles. The lowest BCUT2D eigenvalue weighted by molar-refractivity contribution is 0.296. The molecule has 1 N–H and O–H groups in total. The minimum absolute atomic E-state index is 0.235. The van der Waals surface area contributed by atoms with E-state index in [9.17, 15) is 0 Å². The van der Waals surface area contributed by atoms with Crippen LogP contribution in [-0.2, 0) is 0 Å². The molecule has 0 aliphatic heterocycles. The zero-order valence-corrected chi connectivity index (χ0v) is 8.81. The van der Waals surface area contributed by atoms with Crippen molar-refractivity contribution in [3.05, 3.63) is 17.0 Å². The lowest BCUT2D eigenvalue weighted by atomic mass is 10.5. The van der Waals surface area contributed by atoms with Crippen LogP contribution in [0, 0.1) is 0 Å². The van der Waals surface area contributed by atoms with Crippen molar-refractivity contribution in [1.82, 2.24) is 9.97 Å². The van der Waals surface area contributed by atoms with E-state index in [4.69, 9.17) is 5.11 Å². The predicted molar refractivity (Wildman–Crippen MR) is 52.2 cm³/mol. The van der Waals surface area contributed by atoms with E-state index < -0.39 is 0 Å². The minimum Gasteiger partial charge on any atom is -0.396 e. The lowest BCUT2D eigenvalue weighted by Gasteiger charge is -1.98. The highest BCUT2D eigenvalue weighted by Crippen LogP contribution is 2.17. The Kier molecular flexibility index (Phi) is 4.57. The normalized spacial score (nSPS) is 10.2. The Bertz CT molecular complexity index is 247. The fraction of sp³-hybridized carbons (Fsp3) is 0.429. The average Bonchev–Trinajstić information content (AvgIpc) is 2.05. The van der Waals surface area contributed by atoms with Crippen LogP contribution in [0.2, 0.25) is 0 Å². The number of nitrogens with zero attached hydrogens (tertiary/aromatic N) is 2. The van der Waals surface area contributed by atoms with Crippen LogP contribution in [0.15, 0.2) is 22.0 Å². The van der Waals surface area contributed by atoms with Gasteiger partial charge in [0, 0.05) is 18.4 Å². The number of aliphatic hydroxyl groups is 1. The molecule has 5 heteroatoms. The summed E-state index contributed by atoms with van der Waals surface area (Å²) in [6.07, 6.45) is 2.32. The molecule has 0 aromatic carbocycles. The number of thioether (sulfide) groups is 1. The highest BCUT2D eigenvalue weighted by molar-refractivity contribution is 9.10. The van der Waals surface area contributed by atoms with E-state index in [2.05, 4.69) is 25.9 Å². The van der Waals surface area contributed by atoms with Crippen LogP contribution in [0.4, 0.5) is 0 Å². The van der Waals surface area contributed by atoms with E-state index in [1.54, 1.807) is 11.8 Å². The van der Waals surface area contributed by atoms with Gasteiger partial charge in [0.2, 0.25) is 0 Å². The number of aromatic nitrogens is 2. The van der Waals surface area contributed by atoms with Gasteiger partial charge in [0.05, 0.1) is 0 Å². The molecule has 1 heterocycles. The zero-order valence-electron chi connectivity index (χ0n) is 6.40. The van der Waals surface area contributed by atoms with Crippen molar-refractivity contribution in [3.8, 4) is 0 Å². The fourth-order valence-electron chi connectivity index (χ4n) is 0.638. The second kappa shape index (κ2) is 5.50. The molecule has 0 saturated carbocycles. The van der Waals surface area contributed by atoms with E-state index in [1.165, 1.54) is 6.33 Å². The molecule has 12 heavy (non-hydrogen) atoms. The molecule has 3 nitrogen and oxygen atoms in total. The Labute approximate surface area is 83.8 Å². The SMILES string of the molecule is OCCCSc1cc(Br)ncn1. The Morgan fingerprint density at radius 1 is 1.50 bits per heavy atom. The molecule has 66 valence electrons. The molecular formula is C7H9BrN2OS. The maximum Gasteiger partial charge on any atom is 0.118 e. The lowest BCUT2D eigenvalue weighted by Crippen LogP contribution is -1.88. The number of hydrogen-bond acceptors (Lipinski definition) is 4. The van der Waals surface area contributed by atoms with Crippen LogP contribution in [0.1, 0.15) is 6.42 Å². The quantitative estimate of drug-likeness (QED) is 0.501. The van der Waals surface area contributed by atoms with Crippen LogP contribution in [0.25, 0.3) is 0 Å². The van der Waals surface area contributed by atoms with Crippen LogP contribution in [-0.4, -0.2) is 27.4 Å². The summed E-state index contributed by atoms with van der Waals surface area (Å²) in [5, 5.41) is 9.48. The molecule has 0 bridgehead atoms. The first kappa shape index (κ1) is 9.95. The van der Waals surface area contributed by atoms with Crippen LogP contribution < -0.4 is 0 Å². The van der Waals surface area contributed by atoms with Crippen molar-refractivity contribution in [2.75, 3.05) is 12.4 Å². The number of rotatable bonds is 4. The predicted octanol–water partition coefficient (Wildman–Crippen LogP) is 1.71. The Morgan fingerprint density at radius 2 is 2.33 bits per heavy atom. The smallest absolute Gasteiger partial charge is 0.118 e. The van der Waals surface area contributed by atoms with E-state index in [-0.39, 0.29) is 6.61 Å². The highest BCUT2D eigenvalue weighted by atomic mass is 79.9. The molecule has 1 aromatic heterocycles. The van der Waals surface area contributed by atoms with Gasteiger partial charge < -0.3 is 5.11 Å². The zero-order chi connectivity index (χ0) is 8.81. The van der Waals surface area contributed by atoms with E-state index in [0.717, 1.165) is 21.8 Å². The number of hydrogen-bond donors (Lipinski definition) is 1. The van der Waals surface area contributed by atoms with Crippen molar-refractivity contribution in [2.45, 2.75) is 11.4 Å². The van der Waals surface area contributed by atoms with Crippen LogP contribution in [0.3, 0.4) is 0 Å². The highest BCUT2D eigenvalue weighted by Gasteiger charge is 1.96. The van der Waals surface area contributed by atoms with Gasteiger partial charge in [0.15, 0.2) is 0 Å². The van der Waals surface area contributed by atoms with Gasteiger partial charge in [-0.15, -0.1) is 11.8 Å². The third-order valence-electron chi connectivity index (χ3n) is 1.16. The summed E-state index contributed by atoms with van der Waals surface area (Å²) in [6.45, 7) is 0.235. The van der Waals surface area contributed by atoms with Gasteiger partial charge in [-0.3, -0.25) is 0 Å². The van der Waals surface area contributed by atoms with Gasteiger partial charge in [-0.25, -0.2) is 9.97 Å². The fourth-order valence-corrected chi connectivity index (χ4v) is 1.90. The molecule has 0 radical (unpaired) electrons. The summed E-state index contributed by atoms with van der Waals surface area (Å²) in [4.78, 5) is 7.96. The van der Waals surface area contributed by atoms with Crippen LogP contribution >= 0.6 is 27.7 Å². The molecule has 0 aliphatic rings. The summed E-state index contributed by atoms with van der Waals surface area (Å²) in [5.74, 6) is 0.889. The molecule has 0 unspecified atom stereocenters. The van der Waals surface area contributed by atoms with Crippen molar-refractivity contribution in [1.29, 1.82) is 0 Å². The first-order chi connectivity index (χ1) is 5.83.